The number of anilines is 1. The van der Waals surface area contributed by atoms with Crippen molar-refractivity contribution in [3.63, 3.8) is 0 Å². The molecular formula is C21H21N3O3S2. The highest BCUT2D eigenvalue weighted by atomic mass is 32.2. The lowest BCUT2D eigenvalue weighted by Gasteiger charge is -2.06. The molecule has 1 heterocycles. The van der Waals surface area contributed by atoms with Crippen LogP contribution >= 0.6 is 23.1 Å². The van der Waals surface area contributed by atoms with Crippen LogP contribution in [-0.4, -0.2) is 34.2 Å². The largest absolute Gasteiger partial charge is 0.494 e. The summed E-state index contributed by atoms with van der Waals surface area (Å²) in [5.41, 5.74) is 1.18. The zero-order valence-electron chi connectivity index (χ0n) is 16.0. The maximum Gasteiger partial charge on any atom is 0.257 e. The second-order valence-electron chi connectivity index (χ2n) is 6.13. The number of thioether (sulfide) groups is 1. The van der Waals surface area contributed by atoms with Gasteiger partial charge in [0.25, 0.3) is 5.91 Å². The molecule has 0 fully saturated rings. The van der Waals surface area contributed by atoms with Crippen LogP contribution in [0.3, 0.4) is 0 Å². The van der Waals surface area contributed by atoms with Gasteiger partial charge in [-0.15, -0.1) is 10.2 Å². The van der Waals surface area contributed by atoms with Crippen molar-refractivity contribution in [3.8, 4) is 5.75 Å². The molecule has 2 aromatic carbocycles. The van der Waals surface area contributed by atoms with Crippen molar-refractivity contribution in [1.29, 1.82) is 0 Å². The molecule has 29 heavy (non-hydrogen) atoms. The van der Waals surface area contributed by atoms with Crippen molar-refractivity contribution in [2.24, 2.45) is 0 Å². The molecule has 0 bridgehead atoms. The number of ketones is 1. The van der Waals surface area contributed by atoms with E-state index in [-0.39, 0.29) is 17.4 Å². The van der Waals surface area contributed by atoms with Gasteiger partial charge in [0, 0.05) is 11.1 Å². The van der Waals surface area contributed by atoms with Crippen molar-refractivity contribution in [3.05, 3.63) is 65.7 Å². The fraction of sp³-hybridized carbons (Fsp3) is 0.238. The number of nitrogens with one attached hydrogen (secondary N) is 1. The minimum atomic E-state index is -0.266. The van der Waals surface area contributed by atoms with Crippen LogP contribution in [0.1, 0.15) is 40.5 Å². The van der Waals surface area contributed by atoms with Crippen molar-refractivity contribution < 1.29 is 14.3 Å². The predicted molar refractivity (Wildman–Crippen MR) is 116 cm³/mol. The number of rotatable bonds is 10. The average molecular weight is 428 g/mol. The van der Waals surface area contributed by atoms with Crippen LogP contribution in [0.5, 0.6) is 5.75 Å². The second kappa shape index (κ2) is 10.7. The standard InChI is InChI=1S/C21H21N3O3S2/c1-2-3-13-27-17-11-9-16(10-12-17)19(26)22-20-23-24-21(29-20)28-14-18(25)15-7-5-4-6-8-15/h4-12H,2-3,13-14H2,1H3,(H,22,23,26). The number of hydrogen-bond acceptors (Lipinski definition) is 7. The molecule has 150 valence electrons. The minimum absolute atomic E-state index is 0.0256. The highest BCUT2D eigenvalue weighted by Crippen LogP contribution is 2.26. The molecule has 1 aromatic heterocycles. The van der Waals surface area contributed by atoms with Crippen LogP contribution in [0.2, 0.25) is 0 Å². The third-order valence-corrected chi connectivity index (χ3v) is 5.90. The number of nitrogens with zero attached hydrogens (tertiary/aromatic N) is 2. The Labute approximate surface area is 177 Å². The van der Waals surface area contributed by atoms with Gasteiger partial charge < -0.3 is 4.74 Å². The Kier molecular flexibility index (Phi) is 7.77. The second-order valence-corrected chi connectivity index (χ2v) is 8.33. The summed E-state index contributed by atoms with van der Waals surface area (Å²) in [5, 5.41) is 11.1. The first-order valence-corrected chi connectivity index (χ1v) is 11.0. The summed E-state index contributed by atoms with van der Waals surface area (Å²) in [5.74, 6) is 0.773. The summed E-state index contributed by atoms with van der Waals surface area (Å²) >= 11 is 2.55. The Morgan fingerprint density at radius 1 is 1.03 bits per heavy atom. The molecule has 0 atom stereocenters. The third kappa shape index (κ3) is 6.40. The predicted octanol–water partition coefficient (Wildman–Crippen LogP) is 4.94. The van der Waals surface area contributed by atoms with Crippen molar-refractivity contribution in [1.82, 2.24) is 10.2 Å². The van der Waals surface area contributed by atoms with E-state index in [1.165, 1.54) is 23.1 Å². The Morgan fingerprint density at radius 2 is 1.79 bits per heavy atom. The van der Waals surface area contributed by atoms with E-state index >= 15 is 0 Å². The van der Waals surface area contributed by atoms with Crippen LogP contribution in [-0.2, 0) is 0 Å². The molecule has 6 nitrogen and oxygen atoms in total. The van der Waals surface area contributed by atoms with Crippen LogP contribution < -0.4 is 10.1 Å². The van der Waals surface area contributed by atoms with E-state index < -0.39 is 0 Å². The van der Waals surface area contributed by atoms with Crippen LogP contribution in [0.15, 0.2) is 58.9 Å². The molecule has 3 aromatic rings. The smallest absolute Gasteiger partial charge is 0.257 e. The Morgan fingerprint density at radius 3 is 2.52 bits per heavy atom. The van der Waals surface area contributed by atoms with E-state index in [1.807, 2.05) is 18.2 Å². The molecule has 0 unspecified atom stereocenters. The van der Waals surface area contributed by atoms with Crippen LogP contribution in [0, 0.1) is 0 Å². The first-order valence-electron chi connectivity index (χ1n) is 9.24. The Balaban J connectivity index is 1.50. The van der Waals surface area contributed by atoms with Crippen molar-refractivity contribution in [2.45, 2.75) is 24.1 Å². The monoisotopic (exact) mass is 427 g/mol. The van der Waals surface area contributed by atoms with Gasteiger partial charge in [0.1, 0.15) is 5.75 Å². The van der Waals surface area contributed by atoms with Gasteiger partial charge in [0.15, 0.2) is 10.1 Å². The summed E-state index contributed by atoms with van der Waals surface area (Å²) in [6.07, 6.45) is 2.07. The SMILES string of the molecule is CCCCOc1ccc(C(=O)Nc2nnc(SCC(=O)c3ccccc3)s2)cc1. The summed E-state index contributed by atoms with van der Waals surface area (Å²) in [6, 6.07) is 16.1. The topological polar surface area (TPSA) is 81.2 Å². The lowest BCUT2D eigenvalue weighted by Crippen LogP contribution is -2.11. The molecule has 0 saturated carbocycles. The molecule has 0 aliphatic carbocycles. The Bertz CT molecular complexity index is 943. The van der Waals surface area contributed by atoms with Crippen LogP contribution in [0.4, 0.5) is 5.13 Å². The molecule has 0 radical (unpaired) electrons. The molecule has 3 rings (SSSR count). The average Bonchev–Trinajstić information content (AvgIpc) is 3.20. The number of aromatic nitrogens is 2. The van der Waals surface area contributed by atoms with Crippen LogP contribution in [0.25, 0.3) is 0 Å². The quantitative estimate of drug-likeness (QED) is 0.213. The highest BCUT2D eigenvalue weighted by molar-refractivity contribution is 8.01. The molecule has 0 aliphatic rings. The van der Waals surface area contributed by atoms with Gasteiger partial charge in [-0.2, -0.15) is 0 Å². The van der Waals surface area contributed by atoms with Gasteiger partial charge in [0.05, 0.1) is 12.4 Å². The molecule has 0 saturated heterocycles. The fourth-order valence-corrected chi connectivity index (χ4v) is 4.00. The van der Waals surface area contributed by atoms with Crippen molar-refractivity contribution in [2.75, 3.05) is 17.7 Å². The van der Waals surface area contributed by atoms with E-state index in [4.69, 9.17) is 4.74 Å². The normalized spacial score (nSPS) is 10.5. The summed E-state index contributed by atoms with van der Waals surface area (Å²) in [7, 11) is 0. The maximum atomic E-state index is 12.4. The fourth-order valence-electron chi connectivity index (χ4n) is 2.36. The van der Waals surface area contributed by atoms with E-state index in [0.29, 0.717) is 27.2 Å². The summed E-state index contributed by atoms with van der Waals surface area (Å²) < 4.78 is 6.23. The molecule has 0 spiro atoms. The Hall–Kier alpha value is -2.71. The van der Waals surface area contributed by atoms with E-state index in [0.717, 1.165) is 18.6 Å². The number of amides is 1. The summed E-state index contributed by atoms with van der Waals surface area (Å²) in [6.45, 7) is 2.77. The zero-order valence-corrected chi connectivity index (χ0v) is 17.6. The van der Waals surface area contributed by atoms with Gasteiger partial charge in [-0.1, -0.05) is 66.8 Å². The first kappa shape index (κ1) is 21.0. The highest BCUT2D eigenvalue weighted by Gasteiger charge is 2.13. The van der Waals surface area contributed by atoms with E-state index in [1.54, 1.807) is 36.4 Å². The maximum absolute atomic E-state index is 12.4. The lowest BCUT2D eigenvalue weighted by atomic mass is 10.2. The molecule has 8 heteroatoms. The number of hydrogen-bond donors (Lipinski definition) is 1. The van der Waals surface area contributed by atoms with Gasteiger partial charge in [0.2, 0.25) is 5.13 Å². The third-order valence-electron chi connectivity index (χ3n) is 3.93. The van der Waals surface area contributed by atoms with E-state index in [9.17, 15) is 9.59 Å². The summed E-state index contributed by atoms with van der Waals surface area (Å²) in [4.78, 5) is 24.5. The van der Waals surface area contributed by atoms with Gasteiger partial charge in [-0.3, -0.25) is 14.9 Å². The molecule has 0 aliphatic heterocycles. The van der Waals surface area contributed by atoms with Gasteiger partial charge in [-0.25, -0.2) is 0 Å². The number of benzene rings is 2. The molecule has 1 amide bonds. The first-order chi connectivity index (χ1) is 14.2. The number of Topliss-reactive ketones (excluding diaryl/α,β-unsaturated/α-hetero) is 1. The number of unbranched alkanes of at least 4 members (excludes halogenated alkanes) is 1. The van der Waals surface area contributed by atoms with Crippen molar-refractivity contribution >= 4 is 39.9 Å². The lowest BCUT2D eigenvalue weighted by molar-refractivity contribution is 0.101. The van der Waals surface area contributed by atoms with Gasteiger partial charge in [-0.05, 0) is 30.7 Å². The van der Waals surface area contributed by atoms with E-state index in [2.05, 4.69) is 22.4 Å². The number of carbonyl (C=O) groups excluding carboxylic acids is 2. The minimum Gasteiger partial charge on any atom is -0.494 e. The zero-order chi connectivity index (χ0) is 20.5. The number of ether oxygens (including phenoxy) is 1. The van der Waals surface area contributed by atoms with Gasteiger partial charge >= 0.3 is 0 Å². The molecule has 1 N–H and O–H groups in total. The number of carbonyl (C=O) groups is 2. The molecular weight excluding hydrogens is 406 g/mol.